The number of anilines is 1. The smallest absolute Gasteiger partial charge is 0.250 e. The van der Waals surface area contributed by atoms with Crippen molar-refractivity contribution in [1.82, 2.24) is 5.32 Å². The lowest BCUT2D eigenvalue weighted by Crippen LogP contribution is -2.62. The van der Waals surface area contributed by atoms with Gasteiger partial charge in [-0.1, -0.05) is 25.5 Å². The minimum atomic E-state index is -0.492. The number of hydrogen-bond acceptors (Lipinski definition) is 2. The van der Waals surface area contributed by atoms with Crippen LogP contribution in [0.25, 0.3) is 0 Å². The monoisotopic (exact) mass is 338 g/mol. The quantitative estimate of drug-likeness (QED) is 0.921. The van der Waals surface area contributed by atoms with E-state index in [0.717, 1.165) is 22.1 Å². The summed E-state index contributed by atoms with van der Waals surface area (Å²) >= 11 is 3.52. The van der Waals surface area contributed by atoms with Crippen molar-refractivity contribution in [2.75, 3.05) is 4.90 Å². The molecule has 1 fully saturated rings. The molecule has 0 bridgehead atoms. The molecule has 108 valence electrons. The van der Waals surface area contributed by atoms with Gasteiger partial charge in [-0.25, -0.2) is 0 Å². The lowest BCUT2D eigenvalue weighted by atomic mass is 10.0. The minimum absolute atomic E-state index is 0.0368. The van der Waals surface area contributed by atoms with E-state index in [2.05, 4.69) is 21.2 Å². The van der Waals surface area contributed by atoms with Crippen LogP contribution in [0.1, 0.15) is 32.3 Å². The van der Waals surface area contributed by atoms with Gasteiger partial charge in [0.1, 0.15) is 12.1 Å². The molecule has 0 saturated carbocycles. The van der Waals surface area contributed by atoms with Crippen molar-refractivity contribution in [3.63, 3.8) is 0 Å². The van der Waals surface area contributed by atoms with Crippen molar-refractivity contribution < 1.29 is 9.59 Å². The highest BCUT2D eigenvalue weighted by molar-refractivity contribution is 9.10. The van der Waals surface area contributed by atoms with Gasteiger partial charge in [-0.05, 0) is 47.8 Å². The van der Waals surface area contributed by atoms with Crippen LogP contribution in [0.4, 0.5) is 5.69 Å². The van der Waals surface area contributed by atoms with Gasteiger partial charge >= 0.3 is 0 Å². The van der Waals surface area contributed by atoms with Gasteiger partial charge in [-0.3, -0.25) is 14.5 Å². The molecule has 4 nitrogen and oxygen atoms in total. The molecule has 0 radical (unpaired) electrons. The third-order valence-electron chi connectivity index (χ3n) is 3.63. The number of benzene rings is 1. The fourth-order valence-electron chi connectivity index (χ4n) is 2.46. The molecule has 1 saturated heterocycles. The minimum Gasteiger partial charge on any atom is -0.342 e. The average molecular weight is 339 g/mol. The van der Waals surface area contributed by atoms with Gasteiger partial charge in [0, 0.05) is 4.47 Å². The molecule has 5 heteroatoms. The summed E-state index contributed by atoms with van der Waals surface area (Å²) < 4.78 is 0.866. The maximum absolute atomic E-state index is 12.6. The Hall–Kier alpha value is -1.36. The number of nitrogens with one attached hydrogen (secondary N) is 1. The van der Waals surface area contributed by atoms with Crippen LogP contribution in [0.2, 0.25) is 0 Å². The van der Waals surface area contributed by atoms with E-state index in [0.29, 0.717) is 6.42 Å². The summed E-state index contributed by atoms with van der Waals surface area (Å²) in [6.07, 6.45) is 1.52. The number of rotatable bonds is 3. The van der Waals surface area contributed by atoms with Gasteiger partial charge in [-0.15, -0.1) is 0 Å². The molecule has 20 heavy (non-hydrogen) atoms. The Morgan fingerprint density at radius 2 is 2.05 bits per heavy atom. The van der Waals surface area contributed by atoms with Crippen molar-refractivity contribution >= 4 is 33.4 Å². The van der Waals surface area contributed by atoms with E-state index in [1.807, 2.05) is 32.0 Å². The highest BCUT2D eigenvalue weighted by atomic mass is 79.9. The SMILES string of the molecule is CCCC1NC(=O)C(C)N(c2cccc(C)c2Br)C1=O. The van der Waals surface area contributed by atoms with E-state index in [9.17, 15) is 9.59 Å². The van der Waals surface area contributed by atoms with Crippen LogP contribution in [0.3, 0.4) is 0 Å². The van der Waals surface area contributed by atoms with E-state index in [1.165, 1.54) is 0 Å². The summed E-state index contributed by atoms with van der Waals surface area (Å²) in [6, 6.07) is 4.82. The molecule has 2 unspecified atom stereocenters. The first-order valence-electron chi connectivity index (χ1n) is 6.86. The number of carbonyl (C=O) groups excluding carboxylic acids is 2. The van der Waals surface area contributed by atoms with Gasteiger partial charge in [0.25, 0.3) is 0 Å². The standard InChI is InChI=1S/C15H19BrN2O2/c1-4-6-11-15(20)18(10(3)14(19)17-11)12-8-5-7-9(2)13(12)16/h5,7-8,10-11H,4,6H2,1-3H3,(H,17,19). The summed E-state index contributed by atoms with van der Waals surface area (Å²) in [4.78, 5) is 26.3. The maximum atomic E-state index is 12.6. The Kier molecular flexibility index (Phi) is 4.48. The first kappa shape index (κ1) is 15.0. The summed E-state index contributed by atoms with van der Waals surface area (Å²) in [7, 11) is 0. The molecule has 0 aliphatic carbocycles. The molecule has 2 amide bonds. The van der Waals surface area contributed by atoms with Crippen LogP contribution < -0.4 is 10.2 Å². The molecule has 1 N–H and O–H groups in total. The first-order chi connectivity index (χ1) is 9.47. The molecule has 2 rings (SSSR count). The lowest BCUT2D eigenvalue weighted by Gasteiger charge is -2.38. The largest absolute Gasteiger partial charge is 0.342 e. The molecule has 1 aromatic rings. The van der Waals surface area contributed by atoms with Crippen molar-refractivity contribution in [2.24, 2.45) is 0 Å². The molecule has 0 spiro atoms. The summed E-state index contributed by atoms with van der Waals surface area (Å²) in [5.41, 5.74) is 1.80. The van der Waals surface area contributed by atoms with Crippen molar-refractivity contribution in [1.29, 1.82) is 0 Å². The molecule has 1 aliphatic heterocycles. The van der Waals surface area contributed by atoms with Gasteiger partial charge in [0.2, 0.25) is 11.8 Å². The Morgan fingerprint density at radius 3 is 2.70 bits per heavy atom. The first-order valence-corrected chi connectivity index (χ1v) is 7.65. The highest BCUT2D eigenvalue weighted by Gasteiger charge is 2.39. The van der Waals surface area contributed by atoms with Gasteiger partial charge in [0.15, 0.2) is 0 Å². The van der Waals surface area contributed by atoms with Crippen molar-refractivity contribution in [2.45, 2.75) is 45.7 Å². The number of amides is 2. The van der Waals surface area contributed by atoms with Crippen LogP contribution in [0.5, 0.6) is 0 Å². The van der Waals surface area contributed by atoms with Gasteiger partial charge < -0.3 is 5.32 Å². The van der Waals surface area contributed by atoms with E-state index >= 15 is 0 Å². The summed E-state index contributed by atoms with van der Waals surface area (Å²) in [6.45, 7) is 5.73. The highest BCUT2D eigenvalue weighted by Crippen LogP contribution is 2.32. The molecular formula is C15H19BrN2O2. The molecule has 0 aromatic heterocycles. The Balaban J connectivity index is 2.43. The van der Waals surface area contributed by atoms with Crippen LogP contribution in [0.15, 0.2) is 22.7 Å². The zero-order chi connectivity index (χ0) is 14.9. The predicted molar refractivity (Wildman–Crippen MR) is 82.7 cm³/mol. The fourth-order valence-corrected chi connectivity index (χ4v) is 2.92. The summed E-state index contributed by atoms with van der Waals surface area (Å²) in [5.74, 6) is -0.137. The van der Waals surface area contributed by atoms with Crippen LogP contribution in [-0.4, -0.2) is 23.9 Å². The zero-order valence-corrected chi connectivity index (χ0v) is 13.5. The van der Waals surface area contributed by atoms with Gasteiger partial charge in [-0.2, -0.15) is 0 Å². The number of nitrogens with zero attached hydrogens (tertiary/aromatic N) is 1. The summed E-state index contributed by atoms with van der Waals surface area (Å²) in [5, 5.41) is 2.81. The molecule has 2 atom stereocenters. The van der Waals surface area contributed by atoms with Crippen LogP contribution >= 0.6 is 15.9 Å². The molecule has 1 aliphatic rings. The number of piperazine rings is 1. The number of aryl methyl sites for hydroxylation is 1. The van der Waals surface area contributed by atoms with Crippen LogP contribution in [-0.2, 0) is 9.59 Å². The predicted octanol–water partition coefficient (Wildman–Crippen LogP) is 2.78. The number of carbonyl (C=O) groups is 2. The topological polar surface area (TPSA) is 49.4 Å². The van der Waals surface area contributed by atoms with E-state index < -0.39 is 12.1 Å². The average Bonchev–Trinajstić information content (AvgIpc) is 2.41. The Morgan fingerprint density at radius 1 is 1.35 bits per heavy atom. The Bertz CT molecular complexity index is 545. The maximum Gasteiger partial charge on any atom is 0.250 e. The Labute approximate surface area is 127 Å². The third-order valence-corrected chi connectivity index (χ3v) is 4.66. The van der Waals surface area contributed by atoms with Crippen LogP contribution in [0, 0.1) is 6.92 Å². The number of hydrogen-bond donors (Lipinski definition) is 1. The zero-order valence-electron chi connectivity index (χ0n) is 11.9. The van der Waals surface area contributed by atoms with E-state index in [-0.39, 0.29) is 11.8 Å². The lowest BCUT2D eigenvalue weighted by molar-refractivity contribution is -0.133. The van der Waals surface area contributed by atoms with Crippen molar-refractivity contribution in [3.05, 3.63) is 28.2 Å². The second kappa shape index (κ2) is 5.95. The van der Waals surface area contributed by atoms with E-state index in [4.69, 9.17) is 0 Å². The van der Waals surface area contributed by atoms with Gasteiger partial charge in [0.05, 0.1) is 5.69 Å². The molecule has 1 aromatic carbocycles. The molecular weight excluding hydrogens is 320 g/mol. The number of halogens is 1. The third kappa shape index (κ3) is 2.59. The second-order valence-corrected chi connectivity index (χ2v) is 5.94. The normalized spacial score (nSPS) is 22.9. The van der Waals surface area contributed by atoms with Crippen molar-refractivity contribution in [3.8, 4) is 0 Å². The molecule has 1 heterocycles. The van der Waals surface area contributed by atoms with E-state index in [1.54, 1.807) is 11.8 Å². The fraction of sp³-hybridized carbons (Fsp3) is 0.467. The second-order valence-electron chi connectivity index (χ2n) is 5.14.